The van der Waals surface area contributed by atoms with Gasteiger partial charge in [0, 0.05) is 14.6 Å². The van der Waals surface area contributed by atoms with Crippen LogP contribution in [0.5, 0.6) is 0 Å². The van der Waals surface area contributed by atoms with Gasteiger partial charge in [0.25, 0.3) is 0 Å². The van der Waals surface area contributed by atoms with Gasteiger partial charge in [0.2, 0.25) is 0 Å². The number of hydrogen-bond acceptors (Lipinski definition) is 1. The van der Waals surface area contributed by atoms with Crippen molar-refractivity contribution in [3.05, 3.63) is 68.3 Å². The monoisotopic (exact) mass is 371 g/mol. The van der Waals surface area contributed by atoms with Crippen LogP contribution in [0.2, 0.25) is 5.02 Å². The van der Waals surface area contributed by atoms with E-state index in [2.05, 4.69) is 58.2 Å². The third-order valence-corrected chi connectivity index (χ3v) is 3.91. The highest BCUT2D eigenvalue weighted by molar-refractivity contribution is 14.1. The normalized spacial score (nSPS) is 12.4. The summed E-state index contributed by atoms with van der Waals surface area (Å²) < 4.78 is 1.26. The van der Waals surface area contributed by atoms with Crippen molar-refractivity contribution >= 4 is 34.2 Å². The zero-order valence-corrected chi connectivity index (χ0v) is 13.1. The van der Waals surface area contributed by atoms with Crippen molar-refractivity contribution in [2.45, 2.75) is 12.5 Å². The van der Waals surface area contributed by atoms with Crippen LogP contribution in [0.3, 0.4) is 0 Å². The summed E-state index contributed by atoms with van der Waals surface area (Å²) in [6.45, 7) is 0. The van der Waals surface area contributed by atoms with Crippen LogP contribution in [0.4, 0.5) is 0 Å². The zero-order chi connectivity index (χ0) is 13.0. The fraction of sp³-hybridized carbons (Fsp3) is 0.200. The summed E-state index contributed by atoms with van der Waals surface area (Å²) in [6.07, 6.45) is 0.966. The van der Waals surface area contributed by atoms with Crippen LogP contribution in [0.15, 0.2) is 48.5 Å². The maximum absolute atomic E-state index is 6.04. The van der Waals surface area contributed by atoms with Gasteiger partial charge in [0.1, 0.15) is 0 Å². The zero-order valence-electron chi connectivity index (χ0n) is 10.2. The highest BCUT2D eigenvalue weighted by Crippen LogP contribution is 2.21. The molecule has 1 unspecified atom stereocenters. The van der Waals surface area contributed by atoms with Crippen LogP contribution < -0.4 is 5.32 Å². The summed E-state index contributed by atoms with van der Waals surface area (Å²) in [5.74, 6) is 0. The topological polar surface area (TPSA) is 12.0 Å². The molecule has 2 aromatic rings. The van der Waals surface area contributed by atoms with Crippen molar-refractivity contribution in [1.82, 2.24) is 5.32 Å². The second kappa shape index (κ2) is 6.55. The van der Waals surface area contributed by atoms with Crippen molar-refractivity contribution in [3.8, 4) is 0 Å². The van der Waals surface area contributed by atoms with Crippen LogP contribution in [-0.4, -0.2) is 7.05 Å². The van der Waals surface area contributed by atoms with Crippen molar-refractivity contribution in [3.63, 3.8) is 0 Å². The van der Waals surface area contributed by atoms with E-state index in [-0.39, 0.29) is 0 Å². The van der Waals surface area contributed by atoms with E-state index < -0.39 is 0 Å². The third-order valence-electron chi connectivity index (χ3n) is 2.95. The number of likely N-dealkylation sites (N-methyl/N-ethyl adjacent to an activating group) is 1. The lowest BCUT2D eigenvalue weighted by Crippen LogP contribution is -2.18. The first kappa shape index (κ1) is 13.8. The van der Waals surface area contributed by atoms with E-state index >= 15 is 0 Å². The van der Waals surface area contributed by atoms with Gasteiger partial charge in [-0.05, 0) is 71.5 Å². The van der Waals surface area contributed by atoms with E-state index in [4.69, 9.17) is 11.6 Å². The maximum Gasteiger partial charge on any atom is 0.0409 e. The van der Waals surface area contributed by atoms with Crippen molar-refractivity contribution in [1.29, 1.82) is 0 Å². The quantitative estimate of drug-likeness (QED) is 0.783. The van der Waals surface area contributed by atoms with E-state index in [1.54, 1.807) is 0 Å². The highest BCUT2D eigenvalue weighted by Gasteiger charge is 2.10. The van der Waals surface area contributed by atoms with E-state index in [1.165, 1.54) is 14.7 Å². The summed E-state index contributed by atoms with van der Waals surface area (Å²) in [6, 6.07) is 17.0. The second-order valence-electron chi connectivity index (χ2n) is 4.23. The van der Waals surface area contributed by atoms with Gasteiger partial charge in [-0.25, -0.2) is 0 Å². The number of halogens is 2. The van der Waals surface area contributed by atoms with Crippen molar-refractivity contribution < 1.29 is 0 Å². The van der Waals surface area contributed by atoms with Crippen molar-refractivity contribution in [2.75, 3.05) is 7.05 Å². The van der Waals surface area contributed by atoms with Crippen LogP contribution in [0, 0.1) is 3.57 Å². The molecule has 1 N–H and O–H groups in total. The molecule has 0 fully saturated rings. The predicted octanol–water partition coefficient (Wildman–Crippen LogP) is 4.45. The number of nitrogens with one attached hydrogen (secondary N) is 1. The first-order valence-corrected chi connectivity index (χ1v) is 7.32. The fourth-order valence-electron chi connectivity index (χ4n) is 1.97. The molecule has 2 aromatic carbocycles. The van der Waals surface area contributed by atoms with Gasteiger partial charge in [0.05, 0.1) is 0 Å². The molecule has 0 radical (unpaired) electrons. The van der Waals surface area contributed by atoms with Gasteiger partial charge in [-0.1, -0.05) is 35.9 Å². The van der Waals surface area contributed by atoms with Gasteiger partial charge < -0.3 is 5.32 Å². The average Bonchev–Trinajstić information content (AvgIpc) is 2.38. The smallest absolute Gasteiger partial charge is 0.0409 e. The third kappa shape index (κ3) is 3.70. The lowest BCUT2D eigenvalue weighted by atomic mass is 9.99. The molecule has 0 bridgehead atoms. The van der Waals surface area contributed by atoms with E-state index in [0.29, 0.717) is 6.04 Å². The highest BCUT2D eigenvalue weighted by atomic mass is 127. The average molecular weight is 372 g/mol. The van der Waals surface area contributed by atoms with Crippen LogP contribution in [-0.2, 0) is 6.42 Å². The predicted molar refractivity (Wildman–Crippen MR) is 86.1 cm³/mol. The second-order valence-corrected chi connectivity index (χ2v) is 5.91. The molecule has 0 aliphatic carbocycles. The molecule has 0 aliphatic rings. The van der Waals surface area contributed by atoms with Gasteiger partial charge in [-0.15, -0.1) is 0 Å². The number of hydrogen-bond donors (Lipinski definition) is 1. The first-order chi connectivity index (χ1) is 8.69. The molecule has 94 valence electrons. The molecule has 3 heteroatoms. The summed E-state index contributed by atoms with van der Waals surface area (Å²) in [5.41, 5.74) is 2.55. The summed E-state index contributed by atoms with van der Waals surface area (Å²) in [4.78, 5) is 0. The Morgan fingerprint density at radius 2 is 1.89 bits per heavy atom. The van der Waals surface area contributed by atoms with E-state index in [9.17, 15) is 0 Å². The molecule has 0 saturated carbocycles. The Kier molecular flexibility index (Phi) is 5.03. The Bertz CT molecular complexity index is 510. The van der Waals surface area contributed by atoms with Gasteiger partial charge >= 0.3 is 0 Å². The molecule has 18 heavy (non-hydrogen) atoms. The molecule has 0 saturated heterocycles. The van der Waals surface area contributed by atoms with Gasteiger partial charge in [0.15, 0.2) is 0 Å². The Balaban J connectivity index is 2.17. The largest absolute Gasteiger partial charge is 0.313 e. The lowest BCUT2D eigenvalue weighted by molar-refractivity contribution is 0.592. The molecule has 1 atom stereocenters. The Labute approximate surface area is 127 Å². The molecule has 0 aliphatic heterocycles. The van der Waals surface area contributed by atoms with Crippen LogP contribution >= 0.6 is 34.2 Å². The summed E-state index contributed by atoms with van der Waals surface area (Å²) in [5, 5.41) is 4.14. The molecule has 0 heterocycles. The fourth-order valence-corrected chi connectivity index (χ4v) is 2.52. The Morgan fingerprint density at radius 1 is 1.17 bits per heavy atom. The lowest BCUT2D eigenvalue weighted by Gasteiger charge is -2.17. The van der Waals surface area contributed by atoms with Crippen LogP contribution in [0.25, 0.3) is 0 Å². The van der Waals surface area contributed by atoms with Gasteiger partial charge in [-0.3, -0.25) is 0 Å². The minimum absolute atomic E-state index is 0.295. The minimum atomic E-state index is 0.295. The minimum Gasteiger partial charge on any atom is -0.313 e. The summed E-state index contributed by atoms with van der Waals surface area (Å²) >= 11 is 8.36. The molecular weight excluding hydrogens is 357 g/mol. The molecule has 0 spiro atoms. The molecule has 0 amide bonds. The summed E-state index contributed by atoms with van der Waals surface area (Å²) in [7, 11) is 1.98. The standard InChI is InChI=1S/C15H15ClIN/c1-18-15(12-3-2-4-13(16)10-12)9-11-5-7-14(17)8-6-11/h2-8,10,15,18H,9H2,1H3. The molecule has 2 rings (SSSR count). The maximum atomic E-state index is 6.04. The Morgan fingerprint density at radius 3 is 2.50 bits per heavy atom. The number of benzene rings is 2. The first-order valence-electron chi connectivity index (χ1n) is 5.86. The number of rotatable bonds is 4. The molecule has 1 nitrogen and oxygen atoms in total. The molecular formula is C15H15ClIN. The van der Waals surface area contributed by atoms with Crippen molar-refractivity contribution in [2.24, 2.45) is 0 Å². The van der Waals surface area contributed by atoms with Gasteiger partial charge in [-0.2, -0.15) is 0 Å². The van der Waals surface area contributed by atoms with Crippen LogP contribution in [0.1, 0.15) is 17.2 Å². The SMILES string of the molecule is CNC(Cc1ccc(I)cc1)c1cccc(Cl)c1. The molecule has 0 aromatic heterocycles. The van der Waals surface area contributed by atoms with E-state index in [0.717, 1.165) is 11.4 Å². The van der Waals surface area contributed by atoms with E-state index in [1.807, 2.05) is 25.2 Å². The Hall–Kier alpha value is -0.580.